The summed E-state index contributed by atoms with van der Waals surface area (Å²) in [6.45, 7) is 4.60. The molecule has 0 aromatic rings. The Bertz CT molecular complexity index is 175. The van der Waals surface area contributed by atoms with Crippen LogP contribution in [0.2, 0.25) is 0 Å². The van der Waals surface area contributed by atoms with E-state index in [4.69, 9.17) is 14.6 Å². The van der Waals surface area contributed by atoms with Gasteiger partial charge in [-0.2, -0.15) is 0 Å². The Morgan fingerprint density at radius 3 is 2.88 bits per heavy atom. The van der Waals surface area contributed by atoms with Crippen molar-refractivity contribution in [2.24, 2.45) is 0 Å². The molecule has 96 valence electrons. The van der Waals surface area contributed by atoms with Crippen molar-refractivity contribution in [1.82, 2.24) is 5.32 Å². The van der Waals surface area contributed by atoms with E-state index in [1.165, 1.54) is 12.8 Å². The quantitative estimate of drug-likeness (QED) is 0.684. The van der Waals surface area contributed by atoms with E-state index < -0.39 is 0 Å². The van der Waals surface area contributed by atoms with Crippen LogP contribution in [-0.4, -0.2) is 50.2 Å². The fourth-order valence-electron chi connectivity index (χ4n) is 2.11. The van der Waals surface area contributed by atoms with Gasteiger partial charge in [-0.05, 0) is 32.6 Å². The number of rotatable bonds is 7. The summed E-state index contributed by atoms with van der Waals surface area (Å²) < 4.78 is 10.8. The zero-order valence-electron chi connectivity index (χ0n) is 10.5. The molecule has 2 atom stereocenters. The maximum absolute atomic E-state index is 9.04. The highest BCUT2D eigenvalue weighted by atomic mass is 16.5. The number of methoxy groups -OCH3 is 1. The molecule has 0 aromatic carbocycles. The summed E-state index contributed by atoms with van der Waals surface area (Å²) >= 11 is 0. The molecule has 0 amide bonds. The van der Waals surface area contributed by atoms with E-state index in [1.807, 2.05) is 0 Å². The third-order valence-corrected chi connectivity index (χ3v) is 3.16. The zero-order valence-corrected chi connectivity index (χ0v) is 10.5. The molecular formula is C12H25NO3. The lowest BCUT2D eigenvalue weighted by atomic mass is 9.98. The number of hydrogen-bond acceptors (Lipinski definition) is 4. The molecule has 0 aliphatic carbocycles. The minimum Gasteiger partial charge on any atom is -0.396 e. The second kappa shape index (κ2) is 7.22. The molecule has 0 radical (unpaired) electrons. The number of ether oxygens (including phenoxy) is 2. The highest BCUT2D eigenvalue weighted by molar-refractivity contribution is 4.84. The van der Waals surface area contributed by atoms with Crippen molar-refractivity contribution in [1.29, 1.82) is 0 Å². The average Bonchev–Trinajstić information content (AvgIpc) is 2.29. The van der Waals surface area contributed by atoms with Crippen molar-refractivity contribution < 1.29 is 14.6 Å². The Morgan fingerprint density at radius 2 is 2.31 bits per heavy atom. The predicted molar refractivity (Wildman–Crippen MR) is 63.6 cm³/mol. The van der Waals surface area contributed by atoms with Gasteiger partial charge in [0.1, 0.15) is 0 Å². The molecule has 0 aromatic heterocycles. The van der Waals surface area contributed by atoms with Gasteiger partial charge in [0.15, 0.2) is 0 Å². The van der Waals surface area contributed by atoms with Crippen LogP contribution in [0.5, 0.6) is 0 Å². The summed E-state index contributed by atoms with van der Waals surface area (Å²) in [7, 11) is 1.69. The molecule has 0 unspecified atom stereocenters. The van der Waals surface area contributed by atoms with Gasteiger partial charge >= 0.3 is 0 Å². The van der Waals surface area contributed by atoms with Gasteiger partial charge in [0.2, 0.25) is 0 Å². The minimum atomic E-state index is -0.149. The van der Waals surface area contributed by atoms with Crippen molar-refractivity contribution in [3.05, 3.63) is 0 Å². The molecule has 1 fully saturated rings. The van der Waals surface area contributed by atoms with E-state index in [9.17, 15) is 0 Å². The Morgan fingerprint density at radius 1 is 1.50 bits per heavy atom. The fourth-order valence-corrected chi connectivity index (χ4v) is 2.11. The number of aliphatic hydroxyl groups excluding tert-OH is 1. The van der Waals surface area contributed by atoms with Crippen LogP contribution in [0, 0.1) is 0 Å². The highest BCUT2D eigenvalue weighted by Gasteiger charge is 2.25. The van der Waals surface area contributed by atoms with Crippen LogP contribution >= 0.6 is 0 Å². The molecule has 1 aliphatic heterocycles. The van der Waals surface area contributed by atoms with Crippen LogP contribution in [0.15, 0.2) is 0 Å². The molecule has 4 nitrogen and oxygen atoms in total. The molecule has 16 heavy (non-hydrogen) atoms. The first-order chi connectivity index (χ1) is 7.70. The van der Waals surface area contributed by atoms with Gasteiger partial charge in [-0.15, -0.1) is 0 Å². The van der Waals surface area contributed by atoms with Gasteiger partial charge in [-0.3, -0.25) is 0 Å². The third-order valence-electron chi connectivity index (χ3n) is 3.16. The smallest absolute Gasteiger partial charge is 0.0699 e. The van der Waals surface area contributed by atoms with Gasteiger partial charge in [-0.25, -0.2) is 0 Å². The van der Waals surface area contributed by atoms with E-state index >= 15 is 0 Å². The van der Waals surface area contributed by atoms with Crippen LogP contribution in [0.1, 0.15) is 32.6 Å². The Balaban J connectivity index is 2.30. The maximum atomic E-state index is 9.04. The van der Waals surface area contributed by atoms with Gasteiger partial charge < -0.3 is 19.9 Å². The van der Waals surface area contributed by atoms with E-state index in [0.717, 1.165) is 19.6 Å². The SMILES string of the molecule is COC[C@](C)(CCO)NC[C@@H]1CCCCO1. The van der Waals surface area contributed by atoms with Crippen molar-refractivity contribution in [2.75, 3.05) is 33.5 Å². The topological polar surface area (TPSA) is 50.7 Å². The van der Waals surface area contributed by atoms with Gasteiger partial charge in [0.25, 0.3) is 0 Å². The first-order valence-electron chi connectivity index (χ1n) is 6.16. The first-order valence-corrected chi connectivity index (χ1v) is 6.16. The Hall–Kier alpha value is -0.160. The molecule has 1 saturated heterocycles. The first kappa shape index (κ1) is 13.9. The second-order valence-electron chi connectivity index (χ2n) is 4.84. The van der Waals surface area contributed by atoms with E-state index in [1.54, 1.807) is 7.11 Å². The summed E-state index contributed by atoms with van der Waals surface area (Å²) in [6.07, 6.45) is 4.60. The summed E-state index contributed by atoms with van der Waals surface area (Å²) in [4.78, 5) is 0. The fraction of sp³-hybridized carbons (Fsp3) is 1.00. The predicted octanol–water partition coefficient (Wildman–Crippen LogP) is 0.933. The molecule has 1 heterocycles. The van der Waals surface area contributed by atoms with E-state index in [2.05, 4.69) is 12.2 Å². The van der Waals surface area contributed by atoms with E-state index in [-0.39, 0.29) is 12.1 Å². The molecule has 4 heteroatoms. The van der Waals surface area contributed by atoms with Gasteiger partial charge in [-0.1, -0.05) is 0 Å². The van der Waals surface area contributed by atoms with Crippen molar-refractivity contribution >= 4 is 0 Å². The zero-order chi connectivity index (χ0) is 11.9. The minimum absolute atomic E-state index is 0.149. The lowest BCUT2D eigenvalue weighted by Crippen LogP contribution is -2.50. The van der Waals surface area contributed by atoms with Crippen molar-refractivity contribution in [3.8, 4) is 0 Å². The second-order valence-corrected chi connectivity index (χ2v) is 4.84. The van der Waals surface area contributed by atoms with Crippen LogP contribution in [0.3, 0.4) is 0 Å². The highest BCUT2D eigenvalue weighted by Crippen LogP contribution is 2.14. The average molecular weight is 231 g/mol. The lowest BCUT2D eigenvalue weighted by molar-refractivity contribution is 0.00602. The van der Waals surface area contributed by atoms with Crippen LogP contribution < -0.4 is 5.32 Å². The van der Waals surface area contributed by atoms with Crippen LogP contribution in [0.4, 0.5) is 0 Å². The monoisotopic (exact) mass is 231 g/mol. The number of aliphatic hydroxyl groups is 1. The van der Waals surface area contributed by atoms with E-state index in [0.29, 0.717) is 19.1 Å². The Labute approximate surface area is 98.3 Å². The standard InChI is InChI=1S/C12H25NO3/c1-12(6-7-14,10-15-2)13-9-11-5-3-4-8-16-11/h11,13-14H,3-10H2,1-2H3/t11-,12-/m0/s1. The van der Waals surface area contributed by atoms with Crippen molar-refractivity contribution in [3.63, 3.8) is 0 Å². The molecule has 0 saturated carbocycles. The summed E-state index contributed by atoms with van der Waals surface area (Å²) in [5.74, 6) is 0. The number of hydrogen-bond donors (Lipinski definition) is 2. The lowest BCUT2D eigenvalue weighted by Gasteiger charge is -2.32. The van der Waals surface area contributed by atoms with Crippen molar-refractivity contribution in [2.45, 2.75) is 44.2 Å². The van der Waals surface area contributed by atoms with Gasteiger partial charge in [0.05, 0.1) is 12.7 Å². The molecule has 0 spiro atoms. The maximum Gasteiger partial charge on any atom is 0.0699 e. The summed E-state index contributed by atoms with van der Waals surface area (Å²) in [6, 6.07) is 0. The van der Waals surface area contributed by atoms with Crippen LogP contribution in [0.25, 0.3) is 0 Å². The molecule has 2 N–H and O–H groups in total. The molecule has 0 bridgehead atoms. The Kier molecular flexibility index (Phi) is 6.28. The van der Waals surface area contributed by atoms with Gasteiger partial charge in [0, 0.05) is 32.4 Å². The van der Waals surface area contributed by atoms with Crippen LogP contribution in [-0.2, 0) is 9.47 Å². The third kappa shape index (κ3) is 4.78. The molecule has 1 aliphatic rings. The number of nitrogens with one attached hydrogen (secondary N) is 1. The molecular weight excluding hydrogens is 206 g/mol. The largest absolute Gasteiger partial charge is 0.396 e. The summed E-state index contributed by atoms with van der Waals surface area (Å²) in [5.41, 5.74) is -0.149. The normalized spacial score (nSPS) is 25.3. The molecule has 1 rings (SSSR count). The summed E-state index contributed by atoms with van der Waals surface area (Å²) in [5, 5.41) is 12.5.